The summed E-state index contributed by atoms with van der Waals surface area (Å²) in [5, 5.41) is 0.455. The summed E-state index contributed by atoms with van der Waals surface area (Å²) >= 11 is 9.01. The van der Waals surface area contributed by atoms with E-state index in [1.54, 1.807) is 0 Å². The van der Waals surface area contributed by atoms with Gasteiger partial charge in [-0.05, 0) is 40.5 Å². The molecule has 1 atom stereocenters. The molecule has 0 spiro atoms. The van der Waals surface area contributed by atoms with E-state index in [0.717, 1.165) is 6.42 Å². The van der Waals surface area contributed by atoms with E-state index < -0.39 is 16.1 Å². The third-order valence-electron chi connectivity index (χ3n) is 2.28. The Bertz CT molecular complexity index is 566. The Balaban J connectivity index is 2.99. The molecule has 0 saturated carbocycles. The van der Waals surface area contributed by atoms with E-state index >= 15 is 0 Å². The molecule has 1 unspecified atom stereocenters. The number of sulfonamides is 1. The second kappa shape index (κ2) is 6.58. The summed E-state index contributed by atoms with van der Waals surface area (Å²) < 4.78 is 27.1. The van der Waals surface area contributed by atoms with Gasteiger partial charge >= 0.3 is 0 Å². The lowest BCUT2D eigenvalue weighted by Gasteiger charge is -2.13. The minimum Gasteiger partial charge on any atom is -0.207 e. The fraction of sp³-hybridized carbons (Fsp3) is 0.333. The summed E-state index contributed by atoms with van der Waals surface area (Å²) in [7, 11) is -3.61. The molecule has 0 aliphatic heterocycles. The van der Waals surface area contributed by atoms with Gasteiger partial charge in [0.25, 0.3) is 0 Å². The lowest BCUT2D eigenvalue weighted by atomic mass is 10.2. The van der Waals surface area contributed by atoms with Gasteiger partial charge in [0.05, 0.1) is 16.0 Å². The Labute approximate surface area is 121 Å². The maximum absolute atomic E-state index is 12.1. The molecule has 0 saturated heterocycles. The van der Waals surface area contributed by atoms with E-state index in [0.29, 0.717) is 15.9 Å². The van der Waals surface area contributed by atoms with Crippen LogP contribution in [0.4, 0.5) is 0 Å². The van der Waals surface area contributed by atoms with Crippen molar-refractivity contribution in [3.8, 4) is 12.3 Å². The van der Waals surface area contributed by atoms with Gasteiger partial charge in [-0.3, -0.25) is 0 Å². The summed E-state index contributed by atoms with van der Waals surface area (Å²) in [5.74, 6) is 2.43. The van der Waals surface area contributed by atoms with Gasteiger partial charge in [0.15, 0.2) is 0 Å². The van der Waals surface area contributed by atoms with Crippen LogP contribution in [-0.4, -0.2) is 14.5 Å². The van der Waals surface area contributed by atoms with Crippen LogP contribution in [0.3, 0.4) is 0 Å². The number of halogens is 2. The van der Waals surface area contributed by atoms with Crippen molar-refractivity contribution in [2.45, 2.75) is 30.7 Å². The second-order valence-corrected chi connectivity index (χ2v) is 6.68. The van der Waals surface area contributed by atoms with E-state index in [9.17, 15) is 8.42 Å². The third kappa shape index (κ3) is 3.99. The summed E-state index contributed by atoms with van der Waals surface area (Å²) in [4.78, 5) is 0.134. The van der Waals surface area contributed by atoms with Crippen LogP contribution < -0.4 is 4.72 Å². The lowest BCUT2D eigenvalue weighted by Crippen LogP contribution is -2.33. The molecule has 98 valence electrons. The fourth-order valence-corrected chi connectivity index (χ4v) is 3.23. The minimum absolute atomic E-state index is 0.134. The molecule has 0 bridgehead atoms. The van der Waals surface area contributed by atoms with Crippen LogP contribution in [0.1, 0.15) is 19.8 Å². The standard InChI is InChI=1S/C12H13BrClNO2S/c1-3-5-9(4-2)15-18(16,17)10-6-7-12(14)11(13)8-10/h2,6-9,15H,3,5H2,1H3. The fourth-order valence-electron chi connectivity index (χ4n) is 1.36. The van der Waals surface area contributed by atoms with Gasteiger partial charge in [-0.25, -0.2) is 8.42 Å². The summed E-state index contributed by atoms with van der Waals surface area (Å²) in [5.41, 5.74) is 0. The maximum atomic E-state index is 12.1. The van der Waals surface area contributed by atoms with Crippen molar-refractivity contribution in [3.05, 3.63) is 27.7 Å². The van der Waals surface area contributed by atoms with Crippen molar-refractivity contribution in [1.29, 1.82) is 0 Å². The Morgan fingerprint density at radius 2 is 2.22 bits per heavy atom. The number of hydrogen-bond acceptors (Lipinski definition) is 2. The first-order chi connectivity index (χ1) is 8.40. The van der Waals surface area contributed by atoms with Crippen LogP contribution in [0, 0.1) is 12.3 Å². The molecule has 18 heavy (non-hydrogen) atoms. The summed E-state index contributed by atoms with van der Waals surface area (Å²) in [6.45, 7) is 1.94. The quantitative estimate of drug-likeness (QED) is 0.829. The average molecular weight is 351 g/mol. The average Bonchev–Trinajstić information content (AvgIpc) is 2.31. The molecule has 0 aromatic heterocycles. The Morgan fingerprint density at radius 1 is 1.56 bits per heavy atom. The van der Waals surface area contributed by atoms with Crippen molar-refractivity contribution in [3.63, 3.8) is 0 Å². The molecular formula is C12H13BrClNO2S. The highest BCUT2D eigenvalue weighted by atomic mass is 79.9. The van der Waals surface area contributed by atoms with Gasteiger partial charge < -0.3 is 0 Å². The molecule has 0 fully saturated rings. The van der Waals surface area contributed by atoms with E-state index in [2.05, 4.69) is 26.6 Å². The summed E-state index contributed by atoms with van der Waals surface area (Å²) in [6.07, 6.45) is 6.70. The number of nitrogens with one attached hydrogen (secondary N) is 1. The van der Waals surface area contributed by atoms with E-state index in [4.69, 9.17) is 18.0 Å². The highest BCUT2D eigenvalue weighted by Gasteiger charge is 2.18. The van der Waals surface area contributed by atoms with E-state index in [-0.39, 0.29) is 4.90 Å². The molecule has 3 nitrogen and oxygen atoms in total. The minimum atomic E-state index is -3.61. The molecule has 1 aromatic carbocycles. The van der Waals surface area contributed by atoms with Gasteiger partial charge in [0.2, 0.25) is 10.0 Å². The van der Waals surface area contributed by atoms with Crippen LogP contribution in [0.25, 0.3) is 0 Å². The first-order valence-electron chi connectivity index (χ1n) is 5.34. The summed E-state index contributed by atoms with van der Waals surface area (Å²) in [6, 6.07) is 3.92. The number of hydrogen-bond donors (Lipinski definition) is 1. The van der Waals surface area contributed by atoms with Crippen molar-refractivity contribution >= 4 is 37.6 Å². The molecule has 0 amide bonds. The van der Waals surface area contributed by atoms with Crippen molar-refractivity contribution in [2.75, 3.05) is 0 Å². The molecule has 1 N–H and O–H groups in total. The van der Waals surface area contributed by atoms with Crippen LogP contribution in [0.2, 0.25) is 5.02 Å². The van der Waals surface area contributed by atoms with Gasteiger partial charge in [-0.1, -0.05) is 30.9 Å². The van der Waals surface area contributed by atoms with Crippen molar-refractivity contribution < 1.29 is 8.42 Å². The Morgan fingerprint density at radius 3 is 2.72 bits per heavy atom. The van der Waals surface area contributed by atoms with Crippen molar-refractivity contribution in [1.82, 2.24) is 4.72 Å². The largest absolute Gasteiger partial charge is 0.241 e. The topological polar surface area (TPSA) is 46.2 Å². The van der Waals surface area contributed by atoms with Crippen LogP contribution in [-0.2, 0) is 10.0 Å². The second-order valence-electron chi connectivity index (χ2n) is 3.71. The van der Waals surface area contributed by atoms with Gasteiger partial charge in [-0.15, -0.1) is 6.42 Å². The highest BCUT2D eigenvalue weighted by Crippen LogP contribution is 2.25. The van der Waals surface area contributed by atoms with Gasteiger partial charge in [0.1, 0.15) is 0 Å². The third-order valence-corrected chi connectivity index (χ3v) is 4.96. The number of terminal acetylenes is 1. The monoisotopic (exact) mass is 349 g/mol. The van der Waals surface area contributed by atoms with E-state index in [1.807, 2.05) is 6.92 Å². The Kier molecular flexibility index (Phi) is 5.67. The molecule has 0 aliphatic rings. The van der Waals surface area contributed by atoms with Gasteiger partial charge in [0, 0.05) is 4.47 Å². The predicted molar refractivity (Wildman–Crippen MR) is 77.0 cm³/mol. The zero-order valence-electron chi connectivity index (χ0n) is 9.78. The normalized spacial score (nSPS) is 13.0. The smallest absolute Gasteiger partial charge is 0.207 e. The van der Waals surface area contributed by atoms with Gasteiger partial charge in [-0.2, -0.15) is 4.72 Å². The molecule has 0 radical (unpaired) electrons. The first kappa shape index (κ1) is 15.5. The molecule has 0 heterocycles. The van der Waals surface area contributed by atoms with Crippen LogP contribution in [0.5, 0.6) is 0 Å². The molecule has 1 rings (SSSR count). The molecule has 0 aliphatic carbocycles. The number of rotatable bonds is 5. The van der Waals surface area contributed by atoms with Crippen LogP contribution in [0.15, 0.2) is 27.6 Å². The number of benzene rings is 1. The SMILES string of the molecule is C#CC(CCC)NS(=O)(=O)c1ccc(Cl)c(Br)c1. The highest BCUT2D eigenvalue weighted by molar-refractivity contribution is 9.10. The molecular weight excluding hydrogens is 338 g/mol. The predicted octanol–water partition coefficient (Wildman–Crippen LogP) is 3.18. The zero-order valence-corrected chi connectivity index (χ0v) is 12.9. The Hall–Kier alpha value is -0.540. The molecule has 1 aromatic rings. The zero-order chi connectivity index (χ0) is 13.8. The van der Waals surface area contributed by atoms with Crippen molar-refractivity contribution in [2.24, 2.45) is 0 Å². The molecule has 6 heteroatoms. The van der Waals surface area contributed by atoms with Crippen LogP contribution >= 0.6 is 27.5 Å². The van der Waals surface area contributed by atoms with E-state index in [1.165, 1.54) is 18.2 Å². The first-order valence-corrected chi connectivity index (χ1v) is 7.99. The maximum Gasteiger partial charge on any atom is 0.241 e. The lowest BCUT2D eigenvalue weighted by molar-refractivity contribution is 0.564.